The highest BCUT2D eigenvalue weighted by atomic mass is 16.6. The van der Waals surface area contributed by atoms with E-state index in [1.54, 1.807) is 26.0 Å². The van der Waals surface area contributed by atoms with Crippen LogP contribution in [0.5, 0.6) is 11.5 Å². The van der Waals surface area contributed by atoms with Gasteiger partial charge in [-0.05, 0) is 24.6 Å². The first-order chi connectivity index (χ1) is 16.5. The number of benzene rings is 2. The van der Waals surface area contributed by atoms with E-state index in [0.717, 1.165) is 22.0 Å². The van der Waals surface area contributed by atoms with Crippen molar-refractivity contribution in [3.05, 3.63) is 59.8 Å². The second-order valence-corrected chi connectivity index (χ2v) is 8.22. The SMILES string of the molecule is CCOC(=O)N1CCN(C(=O)C[C@H](c2ccc(OC)cc2OC)c2c[nH]c3ccccc23)CC1. The number of carbonyl (C=O) groups is 2. The third kappa shape index (κ3) is 4.81. The van der Waals surface area contributed by atoms with Crippen LogP contribution in [0.3, 0.4) is 0 Å². The molecule has 180 valence electrons. The van der Waals surface area contributed by atoms with Crippen molar-refractivity contribution in [1.29, 1.82) is 0 Å². The minimum absolute atomic E-state index is 0.0386. The third-order valence-electron chi connectivity index (χ3n) is 6.35. The number of nitrogens with zero attached hydrogens (tertiary/aromatic N) is 2. The Morgan fingerprint density at radius 3 is 2.41 bits per heavy atom. The molecular formula is C26H31N3O5. The Hall–Kier alpha value is -3.68. The van der Waals surface area contributed by atoms with Gasteiger partial charge in [-0.3, -0.25) is 4.79 Å². The van der Waals surface area contributed by atoms with Gasteiger partial charge in [0, 0.05) is 67.2 Å². The number of H-pyrrole nitrogens is 1. The van der Waals surface area contributed by atoms with Gasteiger partial charge in [0.25, 0.3) is 0 Å². The van der Waals surface area contributed by atoms with E-state index < -0.39 is 0 Å². The highest BCUT2D eigenvalue weighted by Gasteiger charge is 2.29. The number of methoxy groups -OCH3 is 2. The molecule has 4 rings (SSSR count). The van der Waals surface area contributed by atoms with Gasteiger partial charge in [-0.25, -0.2) is 4.79 Å². The fourth-order valence-corrected chi connectivity index (χ4v) is 4.53. The fraction of sp³-hybridized carbons (Fsp3) is 0.385. The van der Waals surface area contributed by atoms with E-state index in [4.69, 9.17) is 14.2 Å². The molecule has 1 fully saturated rings. The summed E-state index contributed by atoms with van der Waals surface area (Å²) in [7, 11) is 3.24. The number of fused-ring (bicyclic) bond motifs is 1. The van der Waals surface area contributed by atoms with Crippen molar-refractivity contribution in [3.8, 4) is 11.5 Å². The highest BCUT2D eigenvalue weighted by molar-refractivity contribution is 5.86. The van der Waals surface area contributed by atoms with Crippen LogP contribution in [0.1, 0.15) is 30.4 Å². The largest absolute Gasteiger partial charge is 0.497 e. The van der Waals surface area contributed by atoms with Gasteiger partial charge in [0.2, 0.25) is 5.91 Å². The molecule has 0 aliphatic carbocycles. The minimum atomic E-state index is -0.325. The molecule has 34 heavy (non-hydrogen) atoms. The number of ether oxygens (including phenoxy) is 3. The predicted octanol–water partition coefficient (Wildman–Crippen LogP) is 4.01. The Morgan fingerprint density at radius 1 is 0.971 bits per heavy atom. The lowest BCUT2D eigenvalue weighted by molar-refractivity contribution is -0.133. The average Bonchev–Trinajstić information content (AvgIpc) is 3.31. The van der Waals surface area contributed by atoms with Crippen molar-refractivity contribution in [1.82, 2.24) is 14.8 Å². The zero-order valence-corrected chi connectivity index (χ0v) is 19.9. The van der Waals surface area contributed by atoms with E-state index in [1.807, 2.05) is 47.5 Å². The van der Waals surface area contributed by atoms with Gasteiger partial charge in [0.1, 0.15) is 11.5 Å². The van der Waals surface area contributed by atoms with Gasteiger partial charge in [0.05, 0.1) is 20.8 Å². The quantitative estimate of drug-likeness (QED) is 0.570. The molecule has 1 aromatic heterocycles. The summed E-state index contributed by atoms with van der Waals surface area (Å²) in [6.07, 6.45) is 1.93. The lowest BCUT2D eigenvalue weighted by Crippen LogP contribution is -2.50. The Kier molecular flexibility index (Phi) is 7.25. The maximum Gasteiger partial charge on any atom is 0.409 e. The van der Waals surface area contributed by atoms with Gasteiger partial charge >= 0.3 is 6.09 Å². The number of para-hydroxylation sites is 1. The zero-order chi connectivity index (χ0) is 24.1. The van der Waals surface area contributed by atoms with Gasteiger partial charge in [0.15, 0.2) is 0 Å². The monoisotopic (exact) mass is 465 g/mol. The van der Waals surface area contributed by atoms with Crippen LogP contribution < -0.4 is 9.47 Å². The maximum absolute atomic E-state index is 13.5. The highest BCUT2D eigenvalue weighted by Crippen LogP contribution is 2.39. The average molecular weight is 466 g/mol. The van der Waals surface area contributed by atoms with Crippen LogP contribution in [0.2, 0.25) is 0 Å². The van der Waals surface area contributed by atoms with Crippen molar-refractivity contribution in [2.45, 2.75) is 19.3 Å². The van der Waals surface area contributed by atoms with E-state index >= 15 is 0 Å². The topological polar surface area (TPSA) is 84.1 Å². The summed E-state index contributed by atoms with van der Waals surface area (Å²) in [6, 6.07) is 13.8. The summed E-state index contributed by atoms with van der Waals surface area (Å²) >= 11 is 0. The van der Waals surface area contributed by atoms with E-state index in [2.05, 4.69) is 11.1 Å². The molecule has 2 aromatic carbocycles. The van der Waals surface area contributed by atoms with Crippen molar-refractivity contribution in [3.63, 3.8) is 0 Å². The molecule has 2 heterocycles. The molecule has 1 atom stereocenters. The molecule has 1 saturated heterocycles. The number of rotatable bonds is 7. The standard InChI is InChI=1S/C26H31N3O5/c1-4-34-26(31)29-13-11-28(12-14-29)25(30)16-21(20-10-9-18(32-2)15-24(20)33-3)22-17-27-23-8-6-5-7-19(22)23/h5-10,15,17,21,27H,4,11-14,16H2,1-3H3/t21-/m1/s1. The smallest absolute Gasteiger partial charge is 0.409 e. The maximum atomic E-state index is 13.5. The van der Waals surface area contributed by atoms with E-state index in [1.165, 1.54) is 0 Å². The number of aromatic amines is 1. The molecule has 0 saturated carbocycles. The normalized spacial score (nSPS) is 14.7. The number of hydrogen-bond donors (Lipinski definition) is 1. The molecule has 1 aliphatic rings. The van der Waals surface area contributed by atoms with Gasteiger partial charge in [-0.1, -0.05) is 24.3 Å². The number of carbonyl (C=O) groups excluding carboxylic acids is 2. The summed E-state index contributed by atoms with van der Waals surface area (Å²) in [5.74, 6) is 1.19. The van der Waals surface area contributed by atoms with Crippen molar-refractivity contribution >= 4 is 22.9 Å². The van der Waals surface area contributed by atoms with Crippen molar-refractivity contribution < 1.29 is 23.8 Å². The summed E-state index contributed by atoms with van der Waals surface area (Å²) in [5.41, 5.74) is 2.98. The molecule has 8 nitrogen and oxygen atoms in total. The summed E-state index contributed by atoms with van der Waals surface area (Å²) in [5, 5.41) is 1.07. The van der Waals surface area contributed by atoms with E-state index in [9.17, 15) is 9.59 Å². The third-order valence-corrected chi connectivity index (χ3v) is 6.35. The van der Waals surface area contributed by atoms with E-state index in [-0.39, 0.29) is 24.3 Å². The lowest BCUT2D eigenvalue weighted by atomic mass is 9.87. The lowest BCUT2D eigenvalue weighted by Gasteiger charge is -2.35. The van der Waals surface area contributed by atoms with Crippen molar-refractivity contribution in [2.24, 2.45) is 0 Å². The first-order valence-corrected chi connectivity index (χ1v) is 11.5. The molecule has 1 aliphatic heterocycles. The molecule has 0 unspecified atom stereocenters. The minimum Gasteiger partial charge on any atom is -0.497 e. The van der Waals surface area contributed by atoms with Gasteiger partial charge in [-0.2, -0.15) is 0 Å². The number of aromatic nitrogens is 1. The van der Waals surface area contributed by atoms with Crippen LogP contribution >= 0.6 is 0 Å². The number of piperazine rings is 1. The molecule has 3 aromatic rings. The molecule has 0 radical (unpaired) electrons. The molecule has 1 N–H and O–H groups in total. The van der Waals surface area contributed by atoms with Crippen LogP contribution in [0.25, 0.3) is 10.9 Å². The Morgan fingerprint density at radius 2 is 1.71 bits per heavy atom. The second kappa shape index (κ2) is 10.5. The fourth-order valence-electron chi connectivity index (χ4n) is 4.53. The van der Waals surface area contributed by atoms with Gasteiger partial charge in [-0.15, -0.1) is 0 Å². The Balaban J connectivity index is 1.61. The summed E-state index contributed by atoms with van der Waals surface area (Å²) < 4.78 is 16.2. The van der Waals surface area contributed by atoms with Gasteiger partial charge < -0.3 is 29.0 Å². The summed E-state index contributed by atoms with van der Waals surface area (Å²) in [4.78, 5) is 32.3. The molecule has 0 bridgehead atoms. The molecule has 2 amide bonds. The van der Waals surface area contributed by atoms with Crippen LogP contribution in [0, 0.1) is 0 Å². The van der Waals surface area contributed by atoms with Crippen LogP contribution in [0.15, 0.2) is 48.7 Å². The predicted molar refractivity (Wildman–Crippen MR) is 129 cm³/mol. The molecule has 8 heteroatoms. The van der Waals surface area contributed by atoms with Crippen LogP contribution in [0.4, 0.5) is 4.79 Å². The first kappa shape index (κ1) is 23.5. The number of amides is 2. The zero-order valence-electron chi connectivity index (χ0n) is 19.9. The summed E-state index contributed by atoms with van der Waals surface area (Å²) in [6.45, 7) is 4.03. The molecule has 0 spiro atoms. The van der Waals surface area contributed by atoms with Crippen molar-refractivity contribution in [2.75, 3.05) is 47.0 Å². The molecular weight excluding hydrogens is 434 g/mol. The van der Waals surface area contributed by atoms with E-state index in [0.29, 0.717) is 44.3 Å². The second-order valence-electron chi connectivity index (χ2n) is 8.22. The Bertz CT molecular complexity index is 1150. The first-order valence-electron chi connectivity index (χ1n) is 11.5. The van der Waals surface area contributed by atoms with Crippen LogP contribution in [-0.4, -0.2) is 73.8 Å². The Labute approximate surface area is 199 Å². The number of hydrogen-bond acceptors (Lipinski definition) is 5. The number of nitrogens with one attached hydrogen (secondary N) is 1. The van der Waals surface area contributed by atoms with Crippen LogP contribution in [-0.2, 0) is 9.53 Å².